The first kappa shape index (κ1) is 23.1. The number of aromatic nitrogens is 4. The van der Waals surface area contributed by atoms with Gasteiger partial charge in [0, 0.05) is 31.7 Å². The van der Waals surface area contributed by atoms with Crippen molar-refractivity contribution in [2.75, 3.05) is 29.3 Å². The fraction of sp³-hybridized carbons (Fsp3) is 0.375. The summed E-state index contributed by atoms with van der Waals surface area (Å²) in [5.74, 6) is 6.58. The Labute approximate surface area is 203 Å². The third-order valence-corrected chi connectivity index (χ3v) is 8.01. The molecule has 5 rings (SSSR count). The van der Waals surface area contributed by atoms with Gasteiger partial charge < -0.3 is 10.6 Å². The number of para-hydroxylation sites is 1. The van der Waals surface area contributed by atoms with Crippen LogP contribution in [-0.4, -0.2) is 53.9 Å². The standard InChI is InChI=1S/C24H27N7O3S/c1-3-4-12-30-22-20(27-24(30)29-11-7-8-18(25)15-29)13-26-31(23(22)32)14-17-16-35(33,34)28(2)21-10-6-5-9-19(17)21/h5-6,9-10,13,16,18H,7-8,11-12,14-15,25H2,1-2H3. The number of nitrogens with zero attached hydrogens (tertiary/aromatic N) is 6. The second-order valence-corrected chi connectivity index (χ2v) is 10.6. The highest BCUT2D eigenvalue weighted by Gasteiger charge is 2.28. The van der Waals surface area contributed by atoms with Crippen LogP contribution >= 0.6 is 0 Å². The molecule has 4 heterocycles. The van der Waals surface area contributed by atoms with Crippen LogP contribution < -0.4 is 20.5 Å². The van der Waals surface area contributed by atoms with Gasteiger partial charge in [0.25, 0.3) is 15.6 Å². The van der Waals surface area contributed by atoms with Crippen molar-refractivity contribution in [3.63, 3.8) is 0 Å². The number of allylic oxidation sites excluding steroid dienone is 1. The molecule has 1 atom stereocenters. The molecule has 35 heavy (non-hydrogen) atoms. The second-order valence-electron chi connectivity index (χ2n) is 8.79. The molecule has 2 aliphatic heterocycles. The minimum absolute atomic E-state index is 0.00736. The minimum Gasteiger partial charge on any atom is -0.341 e. The average molecular weight is 494 g/mol. The van der Waals surface area contributed by atoms with Crippen LogP contribution in [0.2, 0.25) is 0 Å². The highest BCUT2D eigenvalue weighted by atomic mass is 32.2. The Bertz CT molecular complexity index is 1560. The second kappa shape index (κ2) is 8.87. The highest BCUT2D eigenvalue weighted by Crippen LogP contribution is 2.34. The lowest BCUT2D eigenvalue weighted by atomic mass is 10.1. The molecular weight excluding hydrogens is 466 g/mol. The summed E-state index contributed by atoms with van der Waals surface area (Å²) in [5, 5.41) is 5.54. The first-order valence-corrected chi connectivity index (χ1v) is 13.0. The van der Waals surface area contributed by atoms with Crippen LogP contribution in [-0.2, 0) is 23.1 Å². The number of benzene rings is 1. The number of sulfonamides is 1. The number of hydrogen-bond donors (Lipinski definition) is 1. The van der Waals surface area contributed by atoms with Crippen LogP contribution in [0.4, 0.5) is 11.6 Å². The maximum absolute atomic E-state index is 13.6. The van der Waals surface area contributed by atoms with E-state index in [2.05, 4.69) is 21.8 Å². The lowest BCUT2D eigenvalue weighted by Gasteiger charge is -2.31. The van der Waals surface area contributed by atoms with Crippen molar-refractivity contribution in [1.29, 1.82) is 0 Å². The van der Waals surface area contributed by atoms with Gasteiger partial charge in [-0.1, -0.05) is 24.1 Å². The van der Waals surface area contributed by atoms with E-state index in [1.807, 2.05) is 16.7 Å². The highest BCUT2D eigenvalue weighted by molar-refractivity contribution is 7.95. The molecule has 1 aromatic carbocycles. The van der Waals surface area contributed by atoms with E-state index in [0.29, 0.717) is 41.3 Å². The Balaban J connectivity index is 1.62. The molecule has 2 aromatic heterocycles. The number of piperidine rings is 1. The molecule has 10 nitrogen and oxygen atoms in total. The van der Waals surface area contributed by atoms with Crippen molar-refractivity contribution < 1.29 is 8.42 Å². The first-order valence-electron chi connectivity index (χ1n) is 11.5. The summed E-state index contributed by atoms with van der Waals surface area (Å²) in [4.78, 5) is 20.5. The Morgan fingerprint density at radius 1 is 1.26 bits per heavy atom. The van der Waals surface area contributed by atoms with Crippen molar-refractivity contribution in [1.82, 2.24) is 19.3 Å². The van der Waals surface area contributed by atoms with Crippen molar-refractivity contribution in [2.24, 2.45) is 5.73 Å². The lowest BCUT2D eigenvalue weighted by molar-refractivity contribution is 0.496. The van der Waals surface area contributed by atoms with Crippen LogP contribution in [0.25, 0.3) is 16.6 Å². The van der Waals surface area contributed by atoms with E-state index >= 15 is 0 Å². The van der Waals surface area contributed by atoms with Crippen LogP contribution in [0, 0.1) is 11.8 Å². The number of rotatable bonds is 4. The SMILES string of the molecule is CC#CCn1c(N2CCCC(N)C2)nc2cnn(CC3=CS(=O)(=O)N(C)c4ccccc43)c(=O)c21. The normalized spacial score (nSPS) is 19.2. The van der Waals surface area contributed by atoms with E-state index in [-0.39, 0.29) is 18.1 Å². The van der Waals surface area contributed by atoms with Gasteiger partial charge in [0.15, 0.2) is 0 Å². The predicted octanol–water partition coefficient (Wildman–Crippen LogP) is 1.36. The Kier molecular flexibility index (Phi) is 5.86. The quantitative estimate of drug-likeness (QED) is 0.545. The maximum atomic E-state index is 13.6. The van der Waals surface area contributed by atoms with Crippen molar-refractivity contribution in [3.8, 4) is 11.8 Å². The molecule has 0 radical (unpaired) electrons. The summed E-state index contributed by atoms with van der Waals surface area (Å²) in [6.45, 7) is 3.51. The van der Waals surface area contributed by atoms with E-state index in [1.165, 1.54) is 21.4 Å². The summed E-state index contributed by atoms with van der Waals surface area (Å²) in [7, 11) is -2.15. The van der Waals surface area contributed by atoms with Gasteiger partial charge in [-0.25, -0.2) is 18.1 Å². The number of imidazole rings is 1. The van der Waals surface area contributed by atoms with Gasteiger partial charge in [-0.3, -0.25) is 13.7 Å². The summed E-state index contributed by atoms with van der Waals surface area (Å²) < 4.78 is 29.8. The summed E-state index contributed by atoms with van der Waals surface area (Å²) in [6, 6.07) is 7.25. The van der Waals surface area contributed by atoms with Crippen molar-refractivity contribution >= 4 is 38.3 Å². The van der Waals surface area contributed by atoms with Gasteiger partial charge in [0.1, 0.15) is 11.0 Å². The van der Waals surface area contributed by atoms with E-state index in [1.54, 1.807) is 25.3 Å². The molecule has 2 aliphatic rings. The molecule has 11 heteroatoms. The maximum Gasteiger partial charge on any atom is 0.293 e. The molecule has 182 valence electrons. The van der Waals surface area contributed by atoms with E-state index < -0.39 is 10.0 Å². The number of fused-ring (bicyclic) bond motifs is 2. The van der Waals surface area contributed by atoms with Gasteiger partial charge in [0.2, 0.25) is 5.95 Å². The Morgan fingerprint density at radius 3 is 2.83 bits per heavy atom. The average Bonchev–Trinajstić information content (AvgIpc) is 3.22. The zero-order chi connectivity index (χ0) is 24.7. The monoisotopic (exact) mass is 493 g/mol. The molecule has 0 saturated carbocycles. The van der Waals surface area contributed by atoms with Crippen molar-refractivity contribution in [3.05, 3.63) is 51.8 Å². The van der Waals surface area contributed by atoms with E-state index in [0.717, 1.165) is 24.9 Å². The summed E-state index contributed by atoms with van der Waals surface area (Å²) in [5.41, 5.74) is 8.50. The van der Waals surface area contributed by atoms with Crippen LogP contribution in [0.3, 0.4) is 0 Å². The van der Waals surface area contributed by atoms with Crippen LogP contribution in [0.1, 0.15) is 25.3 Å². The van der Waals surface area contributed by atoms with Gasteiger partial charge in [0.05, 0.1) is 30.4 Å². The van der Waals surface area contributed by atoms with Crippen molar-refractivity contribution in [2.45, 2.75) is 38.9 Å². The van der Waals surface area contributed by atoms with Crippen LogP contribution in [0.5, 0.6) is 0 Å². The minimum atomic E-state index is -3.66. The lowest BCUT2D eigenvalue weighted by Crippen LogP contribution is -2.44. The Morgan fingerprint density at radius 2 is 2.06 bits per heavy atom. The molecule has 1 fully saturated rings. The first-order chi connectivity index (χ1) is 16.8. The molecule has 1 saturated heterocycles. The molecule has 0 spiro atoms. The summed E-state index contributed by atoms with van der Waals surface area (Å²) >= 11 is 0. The van der Waals surface area contributed by atoms with E-state index in [9.17, 15) is 13.2 Å². The van der Waals surface area contributed by atoms with Gasteiger partial charge >= 0.3 is 0 Å². The molecule has 0 bridgehead atoms. The van der Waals surface area contributed by atoms with Gasteiger partial charge in [-0.15, -0.1) is 5.92 Å². The number of nitrogens with two attached hydrogens (primary N) is 1. The predicted molar refractivity (Wildman–Crippen MR) is 136 cm³/mol. The third-order valence-electron chi connectivity index (χ3n) is 6.47. The molecule has 0 aliphatic carbocycles. The molecular formula is C24H27N7O3S. The molecule has 3 aromatic rings. The van der Waals surface area contributed by atoms with E-state index in [4.69, 9.17) is 10.7 Å². The number of hydrogen-bond acceptors (Lipinski definition) is 7. The Hall–Kier alpha value is -3.62. The summed E-state index contributed by atoms with van der Waals surface area (Å²) in [6.07, 6.45) is 3.45. The largest absolute Gasteiger partial charge is 0.341 e. The van der Waals surface area contributed by atoms with Gasteiger partial charge in [-0.05, 0) is 31.4 Å². The third kappa shape index (κ3) is 4.09. The fourth-order valence-corrected chi connectivity index (χ4v) is 5.84. The number of anilines is 2. The fourth-order valence-electron chi connectivity index (χ4n) is 4.69. The van der Waals surface area contributed by atoms with Gasteiger partial charge in [-0.2, -0.15) is 5.10 Å². The smallest absolute Gasteiger partial charge is 0.293 e. The molecule has 1 unspecified atom stereocenters. The molecule has 2 N–H and O–H groups in total. The zero-order valence-corrected chi connectivity index (χ0v) is 20.5. The zero-order valence-electron chi connectivity index (χ0n) is 19.7. The van der Waals surface area contributed by atoms with Crippen LogP contribution in [0.15, 0.2) is 40.7 Å². The topological polar surface area (TPSA) is 119 Å². The molecule has 0 amide bonds.